The van der Waals surface area contributed by atoms with E-state index in [2.05, 4.69) is 5.32 Å². The van der Waals surface area contributed by atoms with Crippen LogP contribution in [0.25, 0.3) is 0 Å². The fourth-order valence-corrected chi connectivity index (χ4v) is 2.94. The Kier molecular flexibility index (Phi) is 4.18. The summed E-state index contributed by atoms with van der Waals surface area (Å²) in [6.07, 6.45) is 11.0. The smallest absolute Gasteiger partial charge is 0.150 e. The molecular weight excluding hydrogens is 186 g/mol. The number of nitrogens with one attached hydrogen (secondary N) is 1. The molecule has 2 nitrogen and oxygen atoms in total. The van der Waals surface area contributed by atoms with E-state index in [1.807, 2.05) is 0 Å². The second-order valence-electron chi connectivity index (χ2n) is 5.18. The van der Waals surface area contributed by atoms with Crippen molar-refractivity contribution in [3.63, 3.8) is 0 Å². The summed E-state index contributed by atoms with van der Waals surface area (Å²) in [6, 6.07) is 0.188. The molecule has 0 radical (unpaired) electrons. The first-order valence-electron chi connectivity index (χ1n) is 6.62. The molecular formula is C13H23NO. The van der Waals surface area contributed by atoms with Crippen LogP contribution in [-0.2, 0) is 4.79 Å². The van der Waals surface area contributed by atoms with Crippen LogP contribution in [0.1, 0.15) is 57.8 Å². The maximum Gasteiger partial charge on any atom is 0.150 e. The average Bonchev–Trinajstić information content (AvgIpc) is 2.58. The zero-order chi connectivity index (χ0) is 10.5. The maximum absolute atomic E-state index is 12.0. The fraction of sp³-hybridized carbons (Fsp3) is 0.923. The summed E-state index contributed by atoms with van der Waals surface area (Å²) in [5.41, 5.74) is 0. The van der Waals surface area contributed by atoms with Gasteiger partial charge in [0.1, 0.15) is 5.78 Å². The molecule has 0 aromatic rings. The molecule has 1 heterocycles. The number of Topliss-reactive ketones (excluding diaryl/α,β-unsaturated/α-hetero) is 1. The molecule has 0 spiro atoms. The predicted molar refractivity (Wildman–Crippen MR) is 61.8 cm³/mol. The third-order valence-corrected chi connectivity index (χ3v) is 3.91. The van der Waals surface area contributed by atoms with E-state index in [4.69, 9.17) is 0 Å². The molecule has 1 saturated carbocycles. The lowest BCUT2D eigenvalue weighted by molar-refractivity contribution is -0.122. The quantitative estimate of drug-likeness (QED) is 0.774. The number of carbonyl (C=O) groups is 1. The standard InChI is InChI=1S/C13H23NO/c15-13(10-11-6-3-4-7-11)12-8-2-1-5-9-14-12/h11-12,14H,1-10H2. The SMILES string of the molecule is O=C(CC1CCCC1)C1CCCCCN1. The maximum atomic E-state index is 12.0. The molecule has 15 heavy (non-hydrogen) atoms. The minimum Gasteiger partial charge on any atom is -0.307 e. The molecule has 2 aliphatic rings. The number of hydrogen-bond acceptors (Lipinski definition) is 2. The van der Waals surface area contributed by atoms with Gasteiger partial charge in [-0.3, -0.25) is 4.79 Å². The monoisotopic (exact) mass is 209 g/mol. The molecule has 86 valence electrons. The first-order valence-corrected chi connectivity index (χ1v) is 6.62. The summed E-state index contributed by atoms with van der Waals surface area (Å²) in [5.74, 6) is 1.20. The highest BCUT2D eigenvalue weighted by Crippen LogP contribution is 2.28. The Labute approximate surface area is 92.8 Å². The van der Waals surface area contributed by atoms with Gasteiger partial charge in [-0.25, -0.2) is 0 Å². The van der Waals surface area contributed by atoms with Crippen molar-refractivity contribution in [2.24, 2.45) is 5.92 Å². The van der Waals surface area contributed by atoms with Gasteiger partial charge in [0, 0.05) is 6.42 Å². The summed E-state index contributed by atoms with van der Waals surface area (Å²) in [6.45, 7) is 1.04. The summed E-state index contributed by atoms with van der Waals surface area (Å²) in [7, 11) is 0. The van der Waals surface area contributed by atoms with Gasteiger partial charge in [-0.15, -0.1) is 0 Å². The molecule has 0 aromatic carbocycles. The van der Waals surface area contributed by atoms with Crippen molar-refractivity contribution < 1.29 is 4.79 Å². The van der Waals surface area contributed by atoms with E-state index < -0.39 is 0 Å². The van der Waals surface area contributed by atoms with Crippen LogP contribution in [0.2, 0.25) is 0 Å². The van der Waals surface area contributed by atoms with Crippen LogP contribution in [-0.4, -0.2) is 18.4 Å². The molecule has 1 aliphatic carbocycles. The zero-order valence-electron chi connectivity index (χ0n) is 9.63. The number of rotatable bonds is 3. The van der Waals surface area contributed by atoms with E-state index in [0.717, 1.165) is 19.4 Å². The van der Waals surface area contributed by atoms with Crippen LogP contribution in [0.5, 0.6) is 0 Å². The summed E-state index contributed by atoms with van der Waals surface area (Å²) < 4.78 is 0. The largest absolute Gasteiger partial charge is 0.307 e. The van der Waals surface area contributed by atoms with Crippen molar-refractivity contribution in [1.29, 1.82) is 0 Å². The first-order chi connectivity index (χ1) is 7.36. The van der Waals surface area contributed by atoms with Crippen molar-refractivity contribution in [2.75, 3.05) is 6.54 Å². The van der Waals surface area contributed by atoms with Crippen molar-refractivity contribution in [2.45, 2.75) is 63.8 Å². The fourth-order valence-electron chi connectivity index (χ4n) is 2.94. The molecule has 0 aromatic heterocycles. The number of hydrogen-bond donors (Lipinski definition) is 1. The van der Waals surface area contributed by atoms with Crippen molar-refractivity contribution >= 4 is 5.78 Å². The second-order valence-corrected chi connectivity index (χ2v) is 5.18. The normalized spacial score (nSPS) is 28.9. The molecule has 2 rings (SSSR count). The van der Waals surface area contributed by atoms with Crippen LogP contribution in [0, 0.1) is 5.92 Å². The Bertz CT molecular complexity index is 201. The highest BCUT2D eigenvalue weighted by molar-refractivity contribution is 5.84. The van der Waals surface area contributed by atoms with Gasteiger partial charge in [-0.1, -0.05) is 38.5 Å². The van der Waals surface area contributed by atoms with Gasteiger partial charge < -0.3 is 5.32 Å². The highest BCUT2D eigenvalue weighted by atomic mass is 16.1. The Morgan fingerprint density at radius 2 is 1.73 bits per heavy atom. The molecule has 0 bridgehead atoms. The molecule has 1 saturated heterocycles. The van der Waals surface area contributed by atoms with Gasteiger partial charge in [0.15, 0.2) is 0 Å². The minimum atomic E-state index is 0.188. The van der Waals surface area contributed by atoms with Gasteiger partial charge in [0.05, 0.1) is 6.04 Å². The van der Waals surface area contributed by atoms with Crippen molar-refractivity contribution in [3.8, 4) is 0 Å². The molecule has 1 N–H and O–H groups in total. The predicted octanol–water partition coefficient (Wildman–Crippen LogP) is 2.67. The molecule has 1 aliphatic heterocycles. The van der Waals surface area contributed by atoms with Crippen molar-refractivity contribution in [1.82, 2.24) is 5.32 Å². The Morgan fingerprint density at radius 3 is 2.53 bits per heavy atom. The first kappa shape index (κ1) is 11.1. The number of ketones is 1. The lowest BCUT2D eigenvalue weighted by Gasteiger charge is -2.16. The summed E-state index contributed by atoms with van der Waals surface area (Å²) in [4.78, 5) is 12.0. The van der Waals surface area contributed by atoms with Gasteiger partial charge in [-0.2, -0.15) is 0 Å². The topological polar surface area (TPSA) is 29.1 Å². The lowest BCUT2D eigenvalue weighted by atomic mass is 9.95. The van der Waals surface area contributed by atoms with Crippen LogP contribution in [0.15, 0.2) is 0 Å². The Hall–Kier alpha value is -0.370. The molecule has 2 fully saturated rings. The van der Waals surface area contributed by atoms with E-state index in [-0.39, 0.29) is 6.04 Å². The van der Waals surface area contributed by atoms with Gasteiger partial charge >= 0.3 is 0 Å². The van der Waals surface area contributed by atoms with Gasteiger partial charge in [0.25, 0.3) is 0 Å². The van der Waals surface area contributed by atoms with Crippen LogP contribution in [0.4, 0.5) is 0 Å². The number of carbonyl (C=O) groups excluding carboxylic acids is 1. The van der Waals surface area contributed by atoms with E-state index >= 15 is 0 Å². The van der Waals surface area contributed by atoms with E-state index in [9.17, 15) is 4.79 Å². The third kappa shape index (κ3) is 3.30. The zero-order valence-corrected chi connectivity index (χ0v) is 9.63. The second kappa shape index (κ2) is 5.64. The van der Waals surface area contributed by atoms with E-state index in [1.165, 1.54) is 44.9 Å². The average molecular weight is 209 g/mol. The Morgan fingerprint density at radius 1 is 1.00 bits per heavy atom. The summed E-state index contributed by atoms with van der Waals surface area (Å²) >= 11 is 0. The van der Waals surface area contributed by atoms with Crippen LogP contribution >= 0.6 is 0 Å². The summed E-state index contributed by atoms with van der Waals surface area (Å²) in [5, 5.41) is 3.41. The lowest BCUT2D eigenvalue weighted by Crippen LogP contribution is -2.36. The van der Waals surface area contributed by atoms with Crippen molar-refractivity contribution in [3.05, 3.63) is 0 Å². The van der Waals surface area contributed by atoms with E-state index in [1.54, 1.807) is 0 Å². The van der Waals surface area contributed by atoms with Crippen LogP contribution in [0.3, 0.4) is 0 Å². The van der Waals surface area contributed by atoms with Gasteiger partial charge in [0.2, 0.25) is 0 Å². The minimum absolute atomic E-state index is 0.188. The third-order valence-electron chi connectivity index (χ3n) is 3.91. The van der Waals surface area contributed by atoms with Crippen LogP contribution < -0.4 is 5.32 Å². The molecule has 1 unspecified atom stereocenters. The highest BCUT2D eigenvalue weighted by Gasteiger charge is 2.24. The molecule has 2 heteroatoms. The Balaban J connectivity index is 1.77. The van der Waals surface area contributed by atoms with Gasteiger partial charge in [-0.05, 0) is 25.3 Å². The van der Waals surface area contributed by atoms with E-state index in [0.29, 0.717) is 11.7 Å². The molecule has 0 amide bonds. The molecule has 1 atom stereocenters.